The van der Waals surface area contributed by atoms with Crippen molar-refractivity contribution in [1.29, 1.82) is 0 Å². The molecule has 168 valence electrons. The van der Waals surface area contributed by atoms with Crippen molar-refractivity contribution in [2.75, 3.05) is 11.9 Å². The Kier molecular flexibility index (Phi) is 6.52. The summed E-state index contributed by atoms with van der Waals surface area (Å²) >= 11 is 7.19. The molecule has 33 heavy (non-hydrogen) atoms. The first-order valence-corrected chi connectivity index (χ1v) is 11.2. The minimum atomic E-state index is -0.765. The number of nitrogens with zero attached hydrogens (tertiary/aromatic N) is 2. The largest absolute Gasteiger partial charge is 0.461 e. The zero-order valence-electron chi connectivity index (χ0n) is 17.3. The highest BCUT2D eigenvalue weighted by Crippen LogP contribution is 2.31. The normalized spacial score (nSPS) is 10.9. The first kappa shape index (κ1) is 22.6. The second-order valence-corrected chi connectivity index (χ2v) is 8.19. The van der Waals surface area contributed by atoms with E-state index in [9.17, 15) is 18.8 Å². The zero-order valence-corrected chi connectivity index (χ0v) is 18.9. The predicted molar refractivity (Wildman–Crippen MR) is 125 cm³/mol. The van der Waals surface area contributed by atoms with Crippen molar-refractivity contribution >= 4 is 50.6 Å². The zero-order chi connectivity index (χ0) is 23.5. The number of hydrogen-bond donors (Lipinski definition) is 1. The van der Waals surface area contributed by atoms with E-state index in [4.69, 9.17) is 16.3 Å². The van der Waals surface area contributed by atoms with E-state index in [1.807, 2.05) is 0 Å². The smallest absolute Gasteiger partial charge is 0.359 e. The maximum atomic E-state index is 14.5. The van der Waals surface area contributed by atoms with Crippen LogP contribution in [0, 0.1) is 5.82 Å². The number of esters is 1. The average Bonchev–Trinajstić information content (AvgIpc) is 3.20. The monoisotopic (exact) mass is 485 g/mol. The molecule has 0 saturated heterocycles. The number of rotatable bonds is 6. The van der Waals surface area contributed by atoms with Gasteiger partial charge in [-0.25, -0.2) is 9.18 Å². The Morgan fingerprint density at radius 2 is 1.91 bits per heavy atom. The molecule has 0 fully saturated rings. The summed E-state index contributed by atoms with van der Waals surface area (Å²) in [6.07, 6.45) is -0.0175. The van der Waals surface area contributed by atoms with Gasteiger partial charge in [0.25, 0.3) is 5.56 Å². The molecule has 4 aromatic rings. The molecule has 0 radical (unpaired) electrons. The van der Waals surface area contributed by atoms with Crippen LogP contribution in [0.3, 0.4) is 0 Å². The van der Waals surface area contributed by atoms with Crippen LogP contribution in [0.5, 0.6) is 0 Å². The number of halogens is 2. The molecule has 1 amide bonds. The number of carbonyl (C=O) groups is 2. The predicted octanol–water partition coefficient (Wildman–Crippen LogP) is 4.60. The topological polar surface area (TPSA) is 90.3 Å². The number of carbonyl (C=O) groups excluding carboxylic acids is 2. The van der Waals surface area contributed by atoms with Gasteiger partial charge in [-0.1, -0.05) is 41.9 Å². The van der Waals surface area contributed by atoms with Gasteiger partial charge < -0.3 is 10.1 Å². The minimum absolute atomic E-state index is 0.0175. The Labute approximate surface area is 196 Å². The Morgan fingerprint density at radius 1 is 1.18 bits per heavy atom. The number of hydrogen-bond acceptors (Lipinski definition) is 6. The summed E-state index contributed by atoms with van der Waals surface area (Å²) in [5, 5.41) is 9.23. The van der Waals surface area contributed by atoms with Crippen molar-refractivity contribution in [3.63, 3.8) is 0 Å². The fraction of sp³-hybridized carbons (Fsp3) is 0.130. The van der Waals surface area contributed by atoms with Gasteiger partial charge in [-0.15, -0.1) is 11.3 Å². The highest BCUT2D eigenvalue weighted by Gasteiger charge is 2.24. The van der Waals surface area contributed by atoms with Crippen molar-refractivity contribution in [2.24, 2.45) is 0 Å². The number of thiophene rings is 1. The molecule has 0 unspecified atom stereocenters. The van der Waals surface area contributed by atoms with Crippen LogP contribution in [0.1, 0.15) is 23.0 Å². The number of amides is 1. The van der Waals surface area contributed by atoms with Gasteiger partial charge in [-0.3, -0.25) is 9.59 Å². The van der Waals surface area contributed by atoms with Crippen LogP contribution in [0.4, 0.5) is 9.39 Å². The molecule has 1 N–H and O–H groups in total. The van der Waals surface area contributed by atoms with E-state index in [0.29, 0.717) is 10.6 Å². The number of nitrogens with one attached hydrogen (secondary N) is 1. The molecule has 4 rings (SSSR count). The van der Waals surface area contributed by atoms with E-state index >= 15 is 0 Å². The molecule has 0 spiro atoms. The summed E-state index contributed by atoms with van der Waals surface area (Å²) in [5.74, 6) is -1.86. The second kappa shape index (κ2) is 9.51. The van der Waals surface area contributed by atoms with Crippen LogP contribution >= 0.6 is 22.9 Å². The molecular weight excluding hydrogens is 469 g/mol. The molecule has 0 atom stereocenters. The third-order valence-electron chi connectivity index (χ3n) is 4.76. The van der Waals surface area contributed by atoms with Gasteiger partial charge in [0.1, 0.15) is 16.5 Å². The molecule has 0 saturated carbocycles. The number of anilines is 1. The van der Waals surface area contributed by atoms with Gasteiger partial charge in [0.05, 0.1) is 18.4 Å². The van der Waals surface area contributed by atoms with Crippen molar-refractivity contribution in [2.45, 2.75) is 13.3 Å². The molecule has 10 heteroatoms. The minimum Gasteiger partial charge on any atom is -0.461 e. The second-order valence-electron chi connectivity index (χ2n) is 6.91. The van der Waals surface area contributed by atoms with Crippen LogP contribution in [0.2, 0.25) is 5.02 Å². The van der Waals surface area contributed by atoms with Gasteiger partial charge in [0.2, 0.25) is 5.91 Å². The molecule has 2 aromatic carbocycles. The molecule has 2 heterocycles. The Balaban J connectivity index is 1.83. The SMILES string of the molecule is CCOC(=O)c1nn(-c2ccccc2F)c(=O)c2c(NC(=O)Cc3ccccc3Cl)scc12. The number of aromatic nitrogens is 2. The van der Waals surface area contributed by atoms with E-state index in [0.717, 1.165) is 16.0 Å². The van der Waals surface area contributed by atoms with Crippen LogP contribution in [0.25, 0.3) is 16.5 Å². The first-order valence-electron chi connectivity index (χ1n) is 9.90. The van der Waals surface area contributed by atoms with Gasteiger partial charge >= 0.3 is 5.97 Å². The van der Waals surface area contributed by atoms with Gasteiger partial charge in [0.15, 0.2) is 5.69 Å². The lowest BCUT2D eigenvalue weighted by molar-refractivity contribution is -0.115. The van der Waals surface area contributed by atoms with E-state index in [1.165, 1.54) is 23.6 Å². The Bertz CT molecular complexity index is 1430. The van der Waals surface area contributed by atoms with E-state index in [-0.39, 0.29) is 40.2 Å². The molecule has 0 bridgehead atoms. The fourth-order valence-electron chi connectivity index (χ4n) is 3.26. The van der Waals surface area contributed by atoms with Crippen LogP contribution in [0.15, 0.2) is 58.7 Å². The Morgan fingerprint density at radius 3 is 2.64 bits per heavy atom. The van der Waals surface area contributed by atoms with E-state index in [2.05, 4.69) is 10.4 Å². The third kappa shape index (κ3) is 4.50. The summed E-state index contributed by atoms with van der Waals surface area (Å²) < 4.78 is 20.3. The first-order chi connectivity index (χ1) is 15.9. The van der Waals surface area contributed by atoms with Gasteiger partial charge in [0, 0.05) is 15.8 Å². The Hall–Kier alpha value is -3.56. The van der Waals surface area contributed by atoms with Gasteiger partial charge in [-0.05, 0) is 30.7 Å². The number of fused-ring (bicyclic) bond motifs is 1. The van der Waals surface area contributed by atoms with Crippen LogP contribution < -0.4 is 10.9 Å². The lowest BCUT2D eigenvalue weighted by Crippen LogP contribution is -2.26. The van der Waals surface area contributed by atoms with Crippen LogP contribution in [-0.4, -0.2) is 28.3 Å². The highest BCUT2D eigenvalue weighted by molar-refractivity contribution is 7.16. The lowest BCUT2D eigenvalue weighted by Gasteiger charge is -2.10. The number of para-hydroxylation sites is 1. The molecule has 2 aromatic heterocycles. The third-order valence-corrected chi connectivity index (χ3v) is 6.03. The van der Waals surface area contributed by atoms with Crippen molar-refractivity contribution in [3.05, 3.63) is 86.4 Å². The maximum Gasteiger partial charge on any atom is 0.359 e. The number of ether oxygens (including phenoxy) is 1. The van der Waals surface area contributed by atoms with Crippen molar-refractivity contribution in [1.82, 2.24) is 9.78 Å². The molecular formula is C23H17ClFN3O4S. The quantitative estimate of drug-likeness (QED) is 0.403. The summed E-state index contributed by atoms with van der Waals surface area (Å²) in [4.78, 5) is 38.5. The van der Waals surface area contributed by atoms with Crippen LogP contribution in [-0.2, 0) is 16.0 Å². The van der Waals surface area contributed by atoms with Crippen molar-refractivity contribution < 1.29 is 18.7 Å². The molecule has 0 aliphatic heterocycles. The standard InChI is InChI=1S/C23H17ClFN3O4S/c1-2-32-23(31)20-14-12-33-21(26-18(29)11-13-7-3-4-8-15(13)24)19(14)22(30)28(27-20)17-10-6-5-9-16(17)25/h3-10,12H,2,11H2,1H3,(H,26,29). The van der Waals surface area contributed by atoms with E-state index in [1.54, 1.807) is 37.3 Å². The highest BCUT2D eigenvalue weighted by atomic mass is 35.5. The summed E-state index contributed by atoms with van der Waals surface area (Å²) in [6.45, 7) is 1.72. The average molecular weight is 486 g/mol. The summed E-state index contributed by atoms with van der Waals surface area (Å²) in [7, 11) is 0. The maximum absolute atomic E-state index is 14.5. The van der Waals surface area contributed by atoms with Crippen molar-refractivity contribution in [3.8, 4) is 5.69 Å². The van der Waals surface area contributed by atoms with Gasteiger partial charge in [-0.2, -0.15) is 9.78 Å². The summed E-state index contributed by atoms with van der Waals surface area (Å²) in [6, 6.07) is 12.5. The lowest BCUT2D eigenvalue weighted by atomic mass is 10.1. The molecule has 7 nitrogen and oxygen atoms in total. The molecule has 0 aliphatic carbocycles. The summed E-state index contributed by atoms with van der Waals surface area (Å²) in [5.41, 5.74) is -0.348. The fourth-order valence-corrected chi connectivity index (χ4v) is 4.42. The van der Waals surface area contributed by atoms with E-state index < -0.39 is 23.3 Å². The number of benzene rings is 2. The molecule has 0 aliphatic rings.